The van der Waals surface area contributed by atoms with E-state index in [4.69, 9.17) is 9.05 Å². The Morgan fingerprint density at radius 1 is 0.500 bits per heavy atom. The van der Waals surface area contributed by atoms with Gasteiger partial charge < -0.3 is 19.8 Å². The number of allylic oxidation sites excluding steroid dienone is 9. The van der Waals surface area contributed by atoms with E-state index in [1.807, 2.05) is 27.2 Å². The third-order valence-electron chi connectivity index (χ3n) is 12.7. The van der Waals surface area contributed by atoms with Crippen molar-refractivity contribution in [2.45, 2.75) is 270 Å². The Balaban J connectivity index is 4.05. The Kier molecular flexibility index (Phi) is 48.8. The number of carbonyl (C=O) groups is 1. The van der Waals surface area contributed by atoms with E-state index in [9.17, 15) is 19.4 Å². The fourth-order valence-corrected chi connectivity index (χ4v) is 8.90. The molecule has 0 radical (unpaired) electrons. The number of amides is 1. The smallest absolute Gasteiger partial charge is 0.387 e. The zero-order valence-electron chi connectivity index (χ0n) is 45.3. The Morgan fingerprint density at radius 3 is 1.29 bits per heavy atom. The van der Waals surface area contributed by atoms with Crippen molar-refractivity contribution < 1.29 is 32.9 Å². The molecule has 398 valence electrons. The summed E-state index contributed by atoms with van der Waals surface area (Å²) in [5.74, 6) is -0.191. The molecule has 68 heavy (non-hydrogen) atoms. The number of nitrogens with one attached hydrogen (secondary N) is 1. The lowest BCUT2D eigenvalue weighted by atomic mass is 10.0. The number of phosphoric acid groups is 1. The molecule has 0 saturated carbocycles. The van der Waals surface area contributed by atoms with Crippen LogP contribution >= 0.6 is 7.82 Å². The maximum atomic E-state index is 12.9. The van der Waals surface area contributed by atoms with Gasteiger partial charge in [0.05, 0.1) is 39.9 Å². The van der Waals surface area contributed by atoms with Crippen molar-refractivity contribution in [2.75, 3.05) is 40.9 Å². The first-order valence-corrected chi connectivity index (χ1v) is 30.2. The minimum absolute atomic E-state index is 0.0526. The van der Waals surface area contributed by atoms with Crippen LogP contribution in [0.25, 0.3) is 0 Å². The van der Waals surface area contributed by atoms with E-state index in [-0.39, 0.29) is 19.1 Å². The average Bonchev–Trinajstić information content (AvgIpc) is 3.30. The topological polar surface area (TPSA) is 105 Å². The first kappa shape index (κ1) is 66.2. The summed E-state index contributed by atoms with van der Waals surface area (Å²) < 4.78 is 23.6. The number of unbranched alkanes of at least 4 members (excludes halogenated alkanes) is 31. The van der Waals surface area contributed by atoms with Gasteiger partial charge in [-0.25, -0.2) is 4.57 Å². The molecule has 9 heteroatoms. The lowest BCUT2D eigenvalue weighted by Gasteiger charge is -2.25. The Bertz CT molecular complexity index is 1290. The quantitative estimate of drug-likeness (QED) is 0.0243. The van der Waals surface area contributed by atoms with E-state index in [1.54, 1.807) is 6.08 Å². The van der Waals surface area contributed by atoms with Crippen LogP contribution in [0.5, 0.6) is 0 Å². The van der Waals surface area contributed by atoms with E-state index in [0.717, 1.165) is 57.8 Å². The normalized spacial score (nSPS) is 14.4. The molecule has 0 aliphatic rings. The van der Waals surface area contributed by atoms with Gasteiger partial charge in [-0.05, 0) is 77.0 Å². The van der Waals surface area contributed by atoms with Crippen LogP contribution < -0.4 is 5.32 Å². The van der Waals surface area contributed by atoms with Gasteiger partial charge in [-0.2, -0.15) is 0 Å². The number of hydrogen-bond acceptors (Lipinski definition) is 5. The van der Waals surface area contributed by atoms with E-state index in [0.29, 0.717) is 17.4 Å². The van der Waals surface area contributed by atoms with Crippen LogP contribution in [0.4, 0.5) is 0 Å². The molecule has 0 rings (SSSR count). The molecule has 1 amide bonds. The molecule has 8 nitrogen and oxygen atoms in total. The first-order valence-electron chi connectivity index (χ1n) is 28.7. The zero-order valence-corrected chi connectivity index (χ0v) is 46.2. The van der Waals surface area contributed by atoms with Crippen LogP contribution in [0.3, 0.4) is 0 Å². The van der Waals surface area contributed by atoms with Gasteiger partial charge in [-0.3, -0.25) is 13.8 Å². The van der Waals surface area contributed by atoms with E-state index in [1.165, 1.54) is 180 Å². The molecule has 3 atom stereocenters. The van der Waals surface area contributed by atoms with Crippen LogP contribution in [0.2, 0.25) is 0 Å². The minimum atomic E-state index is -4.35. The van der Waals surface area contributed by atoms with Gasteiger partial charge >= 0.3 is 7.82 Å². The lowest BCUT2D eigenvalue weighted by molar-refractivity contribution is -0.870. The third kappa shape index (κ3) is 52.0. The molecular formula is C59H112N2O6P+. The number of hydrogen-bond donors (Lipinski definition) is 3. The summed E-state index contributed by atoms with van der Waals surface area (Å²) in [4.78, 5) is 23.2. The average molecular weight is 977 g/mol. The Hall–Kier alpha value is -1.80. The highest BCUT2D eigenvalue weighted by Crippen LogP contribution is 2.43. The van der Waals surface area contributed by atoms with E-state index >= 15 is 0 Å². The molecule has 0 fully saturated rings. The number of likely N-dealkylation sites (N-methyl/N-ethyl adjacent to an activating group) is 1. The SMILES string of the molecule is CCCCC/C=C/CC/C=C/CC/C=C/C(O)C(COP(=O)(O)OCC[N+](C)(C)C)NC(=O)CCCCCCCCCCCCCCCCCCC/C=C\C/C=C\CCCCCCCCCCC. The third-order valence-corrected chi connectivity index (χ3v) is 13.7. The second-order valence-corrected chi connectivity index (χ2v) is 22.1. The van der Waals surface area contributed by atoms with Gasteiger partial charge in [-0.15, -0.1) is 0 Å². The van der Waals surface area contributed by atoms with Crippen molar-refractivity contribution >= 4 is 13.7 Å². The fraction of sp³-hybridized carbons (Fsp3) is 0.814. The van der Waals surface area contributed by atoms with E-state index < -0.39 is 20.0 Å². The summed E-state index contributed by atoms with van der Waals surface area (Å²) in [6, 6.07) is -0.870. The van der Waals surface area contributed by atoms with Gasteiger partial charge in [0, 0.05) is 6.42 Å². The van der Waals surface area contributed by atoms with Crippen LogP contribution in [-0.4, -0.2) is 73.4 Å². The van der Waals surface area contributed by atoms with Crippen LogP contribution in [0.15, 0.2) is 60.8 Å². The number of quaternary nitrogens is 1. The molecule has 0 spiro atoms. The summed E-state index contributed by atoms with van der Waals surface area (Å²) in [7, 11) is 1.55. The molecule has 0 aromatic heterocycles. The summed E-state index contributed by atoms with van der Waals surface area (Å²) in [6.45, 7) is 4.76. The zero-order chi connectivity index (χ0) is 49.9. The highest BCUT2D eigenvalue weighted by molar-refractivity contribution is 7.47. The van der Waals surface area contributed by atoms with Gasteiger partial charge in [-0.1, -0.05) is 235 Å². The minimum Gasteiger partial charge on any atom is -0.387 e. The molecule has 0 heterocycles. The van der Waals surface area contributed by atoms with Gasteiger partial charge in [0.2, 0.25) is 5.91 Å². The highest BCUT2D eigenvalue weighted by Gasteiger charge is 2.27. The summed E-state index contributed by atoms with van der Waals surface area (Å²) in [5.41, 5.74) is 0. The maximum Gasteiger partial charge on any atom is 0.472 e. The molecule has 0 bridgehead atoms. The maximum absolute atomic E-state index is 12.9. The molecule has 0 saturated heterocycles. The largest absolute Gasteiger partial charge is 0.472 e. The van der Waals surface area contributed by atoms with Crippen LogP contribution in [-0.2, 0) is 18.4 Å². The summed E-state index contributed by atoms with van der Waals surface area (Å²) in [6.07, 6.45) is 67.7. The van der Waals surface area contributed by atoms with E-state index in [2.05, 4.69) is 67.8 Å². The van der Waals surface area contributed by atoms with Crippen molar-refractivity contribution in [3.05, 3.63) is 60.8 Å². The Morgan fingerprint density at radius 2 is 0.853 bits per heavy atom. The molecular weight excluding hydrogens is 864 g/mol. The predicted octanol–water partition coefficient (Wildman–Crippen LogP) is 17.3. The van der Waals surface area contributed by atoms with Crippen molar-refractivity contribution in [3.8, 4) is 0 Å². The number of aliphatic hydroxyl groups is 1. The molecule has 0 aromatic rings. The van der Waals surface area contributed by atoms with Crippen molar-refractivity contribution in [1.82, 2.24) is 5.32 Å². The van der Waals surface area contributed by atoms with Gasteiger partial charge in [0.1, 0.15) is 13.2 Å². The molecule has 3 N–H and O–H groups in total. The van der Waals surface area contributed by atoms with Crippen LogP contribution in [0.1, 0.15) is 258 Å². The van der Waals surface area contributed by atoms with Crippen molar-refractivity contribution in [2.24, 2.45) is 0 Å². The number of nitrogens with zero attached hydrogens (tertiary/aromatic N) is 1. The monoisotopic (exact) mass is 976 g/mol. The highest BCUT2D eigenvalue weighted by atomic mass is 31.2. The number of aliphatic hydroxyl groups excluding tert-OH is 1. The lowest BCUT2D eigenvalue weighted by Crippen LogP contribution is -2.45. The molecule has 3 unspecified atom stereocenters. The van der Waals surface area contributed by atoms with Crippen molar-refractivity contribution in [3.63, 3.8) is 0 Å². The number of carbonyl (C=O) groups excluding carboxylic acids is 1. The molecule has 0 aromatic carbocycles. The summed E-state index contributed by atoms with van der Waals surface area (Å²) in [5, 5.41) is 13.8. The number of rotatable bonds is 52. The Labute approximate surface area is 422 Å². The standard InChI is InChI=1S/C59H111N2O6P/c1-6-8-10-12-14-16-18-20-21-22-23-24-25-26-27-28-29-30-31-32-33-34-35-36-37-38-39-41-43-45-47-49-51-53-59(63)60-57(56-67-68(64,65)66-55-54-61(3,4)5)58(62)52-50-48-46-44-42-40-19-17-15-13-11-9-7-2/h15,17,23-24,26-27,42,44,50,52,57-58,62H,6-14,16,18-22,25,28-41,43,45-49,51,53-56H2,1-5H3,(H-,60,63,64,65)/p+1/b17-15+,24-23-,27-26-,44-42+,52-50+. The summed E-state index contributed by atoms with van der Waals surface area (Å²) >= 11 is 0. The van der Waals surface area contributed by atoms with Crippen molar-refractivity contribution in [1.29, 1.82) is 0 Å². The second kappa shape index (κ2) is 50.2. The predicted molar refractivity (Wildman–Crippen MR) is 295 cm³/mol. The van der Waals surface area contributed by atoms with Gasteiger partial charge in [0.25, 0.3) is 0 Å². The van der Waals surface area contributed by atoms with Crippen LogP contribution in [0, 0.1) is 0 Å². The molecule has 0 aliphatic heterocycles. The fourth-order valence-electron chi connectivity index (χ4n) is 8.16. The van der Waals surface area contributed by atoms with Gasteiger partial charge in [0.15, 0.2) is 0 Å². The first-order chi connectivity index (χ1) is 33.0. The number of phosphoric ester groups is 1. The second-order valence-electron chi connectivity index (χ2n) is 20.6. The molecule has 0 aliphatic carbocycles.